The average molecular weight is 301 g/mol. The molecule has 0 aromatic rings. The number of hydrogen-bond acceptors (Lipinski definition) is 3. The van der Waals surface area contributed by atoms with Crippen molar-refractivity contribution in [3.63, 3.8) is 0 Å². The molecule has 0 aromatic carbocycles. The SMILES string of the molecule is CCSC(C(=O)NC(CC(F)(F)F)C(=O)O)C(C)C. The van der Waals surface area contributed by atoms with Gasteiger partial charge in [-0.3, -0.25) is 4.79 Å². The van der Waals surface area contributed by atoms with Crippen LogP contribution < -0.4 is 5.32 Å². The van der Waals surface area contributed by atoms with Crippen LogP contribution in [0.4, 0.5) is 13.2 Å². The molecule has 0 aliphatic rings. The van der Waals surface area contributed by atoms with Gasteiger partial charge in [0.2, 0.25) is 5.91 Å². The highest BCUT2D eigenvalue weighted by molar-refractivity contribution is 8.00. The summed E-state index contributed by atoms with van der Waals surface area (Å²) in [5.74, 6) is -1.83. The molecule has 0 aliphatic carbocycles. The van der Waals surface area contributed by atoms with Crippen LogP contribution >= 0.6 is 11.8 Å². The van der Waals surface area contributed by atoms with Crippen molar-refractivity contribution in [1.82, 2.24) is 5.32 Å². The summed E-state index contributed by atoms with van der Waals surface area (Å²) < 4.78 is 36.6. The second kappa shape index (κ2) is 7.62. The van der Waals surface area contributed by atoms with E-state index < -0.39 is 35.8 Å². The standard InChI is InChI=1S/C11H18F3NO3S/c1-4-19-8(6(2)3)9(16)15-7(10(17)18)5-11(12,13)14/h6-8H,4-5H2,1-3H3,(H,15,16)(H,17,18). The number of thioether (sulfide) groups is 1. The van der Waals surface area contributed by atoms with E-state index in [4.69, 9.17) is 5.11 Å². The highest BCUT2D eigenvalue weighted by atomic mass is 32.2. The topological polar surface area (TPSA) is 66.4 Å². The number of carbonyl (C=O) groups excluding carboxylic acids is 1. The highest BCUT2D eigenvalue weighted by Crippen LogP contribution is 2.23. The number of halogens is 3. The smallest absolute Gasteiger partial charge is 0.391 e. The molecule has 0 fully saturated rings. The van der Waals surface area contributed by atoms with E-state index in [2.05, 4.69) is 0 Å². The minimum Gasteiger partial charge on any atom is -0.480 e. The third kappa shape index (κ3) is 7.29. The fourth-order valence-electron chi connectivity index (χ4n) is 1.44. The van der Waals surface area contributed by atoms with Gasteiger partial charge in [-0.25, -0.2) is 4.79 Å². The van der Waals surface area contributed by atoms with Crippen molar-refractivity contribution in [3.05, 3.63) is 0 Å². The molecule has 0 rings (SSSR count). The predicted molar refractivity (Wildman–Crippen MR) is 67.0 cm³/mol. The quantitative estimate of drug-likeness (QED) is 0.757. The monoisotopic (exact) mass is 301 g/mol. The number of aliphatic carboxylic acids is 1. The van der Waals surface area contributed by atoms with Gasteiger partial charge in [0, 0.05) is 0 Å². The molecule has 112 valence electrons. The third-order valence-electron chi connectivity index (χ3n) is 2.26. The van der Waals surface area contributed by atoms with Crippen LogP contribution in [-0.2, 0) is 9.59 Å². The van der Waals surface area contributed by atoms with Gasteiger partial charge in [-0.15, -0.1) is 11.8 Å². The summed E-state index contributed by atoms with van der Waals surface area (Å²) in [4.78, 5) is 22.6. The number of carboxylic acids is 1. The van der Waals surface area contributed by atoms with Gasteiger partial charge in [0.15, 0.2) is 0 Å². The van der Waals surface area contributed by atoms with E-state index in [0.29, 0.717) is 5.75 Å². The second-order valence-electron chi connectivity index (χ2n) is 4.34. The summed E-state index contributed by atoms with van der Waals surface area (Å²) in [6, 6.07) is -1.94. The third-order valence-corrected chi connectivity index (χ3v) is 3.71. The molecule has 2 unspecified atom stereocenters. The normalized spacial score (nSPS) is 15.1. The first-order chi connectivity index (χ1) is 8.58. The van der Waals surface area contributed by atoms with Crippen LogP contribution in [0.25, 0.3) is 0 Å². The van der Waals surface area contributed by atoms with Gasteiger partial charge in [-0.05, 0) is 11.7 Å². The maximum absolute atomic E-state index is 12.2. The minimum absolute atomic E-state index is 0.0923. The molecular formula is C11H18F3NO3S. The fourth-order valence-corrected chi connectivity index (χ4v) is 2.40. The number of alkyl halides is 3. The summed E-state index contributed by atoms with van der Waals surface area (Å²) >= 11 is 1.28. The Bertz CT molecular complexity index is 321. The molecule has 0 radical (unpaired) electrons. The Morgan fingerprint density at radius 3 is 2.16 bits per heavy atom. The first-order valence-electron chi connectivity index (χ1n) is 5.80. The summed E-state index contributed by atoms with van der Waals surface area (Å²) in [7, 11) is 0. The lowest BCUT2D eigenvalue weighted by Crippen LogP contribution is -2.47. The van der Waals surface area contributed by atoms with Gasteiger partial charge < -0.3 is 10.4 Å². The van der Waals surface area contributed by atoms with E-state index in [9.17, 15) is 22.8 Å². The molecule has 8 heteroatoms. The number of carbonyl (C=O) groups is 2. The zero-order valence-electron chi connectivity index (χ0n) is 11.0. The van der Waals surface area contributed by atoms with Crippen LogP contribution in [-0.4, -0.2) is 40.2 Å². The Morgan fingerprint density at radius 1 is 1.32 bits per heavy atom. The van der Waals surface area contributed by atoms with Gasteiger partial charge in [-0.1, -0.05) is 20.8 Å². The van der Waals surface area contributed by atoms with Crippen molar-refractivity contribution in [2.75, 3.05) is 5.75 Å². The van der Waals surface area contributed by atoms with Crippen LogP contribution in [0.5, 0.6) is 0 Å². The van der Waals surface area contributed by atoms with Crippen molar-refractivity contribution < 1.29 is 27.9 Å². The largest absolute Gasteiger partial charge is 0.480 e. The molecule has 0 saturated heterocycles. The first kappa shape index (κ1) is 18.1. The Labute approximate surface area is 114 Å². The Morgan fingerprint density at radius 2 is 1.84 bits per heavy atom. The molecule has 2 atom stereocenters. The van der Waals surface area contributed by atoms with E-state index in [1.807, 2.05) is 12.2 Å². The lowest BCUT2D eigenvalue weighted by Gasteiger charge is -2.22. The number of nitrogens with one attached hydrogen (secondary N) is 1. The zero-order chi connectivity index (χ0) is 15.2. The Balaban J connectivity index is 4.74. The maximum atomic E-state index is 12.2. The molecule has 1 amide bonds. The molecular weight excluding hydrogens is 283 g/mol. The van der Waals surface area contributed by atoms with Crippen LogP contribution in [0.3, 0.4) is 0 Å². The van der Waals surface area contributed by atoms with E-state index in [1.165, 1.54) is 11.8 Å². The Kier molecular flexibility index (Phi) is 7.25. The molecule has 0 aliphatic heterocycles. The van der Waals surface area contributed by atoms with Gasteiger partial charge in [0.25, 0.3) is 0 Å². The molecule has 2 N–H and O–H groups in total. The Hall–Kier alpha value is -0.920. The second-order valence-corrected chi connectivity index (χ2v) is 5.76. The van der Waals surface area contributed by atoms with Crippen LogP contribution in [0, 0.1) is 5.92 Å². The van der Waals surface area contributed by atoms with E-state index in [0.717, 1.165) is 0 Å². The van der Waals surface area contributed by atoms with Gasteiger partial charge in [0.1, 0.15) is 6.04 Å². The van der Waals surface area contributed by atoms with Gasteiger partial charge in [-0.2, -0.15) is 13.2 Å². The lowest BCUT2D eigenvalue weighted by molar-refractivity contribution is -0.160. The number of amides is 1. The zero-order valence-corrected chi connectivity index (χ0v) is 11.8. The maximum Gasteiger partial charge on any atom is 0.391 e. The summed E-state index contributed by atoms with van der Waals surface area (Å²) in [6.07, 6.45) is -6.21. The number of carboxylic acid groups (broad SMARTS) is 1. The van der Waals surface area contributed by atoms with Crippen molar-refractivity contribution >= 4 is 23.6 Å². The highest BCUT2D eigenvalue weighted by Gasteiger charge is 2.37. The molecule has 0 spiro atoms. The predicted octanol–water partition coefficient (Wildman–Crippen LogP) is 2.29. The number of hydrogen-bond donors (Lipinski definition) is 2. The lowest BCUT2D eigenvalue weighted by atomic mass is 10.1. The summed E-state index contributed by atoms with van der Waals surface area (Å²) in [5.41, 5.74) is 0. The molecule has 0 saturated carbocycles. The molecule has 4 nitrogen and oxygen atoms in total. The van der Waals surface area contributed by atoms with Crippen molar-refractivity contribution in [2.45, 2.75) is 44.7 Å². The number of rotatable bonds is 7. The van der Waals surface area contributed by atoms with Crippen LogP contribution in [0.2, 0.25) is 0 Å². The summed E-state index contributed by atoms with van der Waals surface area (Å²) in [6.45, 7) is 5.33. The average Bonchev–Trinajstić information content (AvgIpc) is 2.22. The van der Waals surface area contributed by atoms with Crippen LogP contribution in [0.1, 0.15) is 27.2 Å². The van der Waals surface area contributed by atoms with E-state index >= 15 is 0 Å². The minimum atomic E-state index is -4.64. The van der Waals surface area contributed by atoms with Crippen molar-refractivity contribution in [2.24, 2.45) is 5.92 Å². The van der Waals surface area contributed by atoms with Gasteiger partial charge >= 0.3 is 12.1 Å². The van der Waals surface area contributed by atoms with E-state index in [-0.39, 0.29) is 5.92 Å². The van der Waals surface area contributed by atoms with E-state index in [1.54, 1.807) is 13.8 Å². The van der Waals surface area contributed by atoms with Gasteiger partial charge in [0.05, 0.1) is 11.7 Å². The summed E-state index contributed by atoms with van der Waals surface area (Å²) in [5, 5.41) is 10.1. The van der Waals surface area contributed by atoms with Crippen molar-refractivity contribution in [1.29, 1.82) is 0 Å². The fraction of sp³-hybridized carbons (Fsp3) is 0.818. The van der Waals surface area contributed by atoms with Crippen molar-refractivity contribution in [3.8, 4) is 0 Å². The molecule has 0 heterocycles. The molecule has 0 aromatic heterocycles. The first-order valence-corrected chi connectivity index (χ1v) is 6.84. The molecule has 19 heavy (non-hydrogen) atoms. The van der Waals surface area contributed by atoms with Crippen LogP contribution in [0.15, 0.2) is 0 Å². The molecule has 0 bridgehead atoms.